The van der Waals surface area contributed by atoms with Crippen molar-refractivity contribution in [3.05, 3.63) is 0 Å². The van der Waals surface area contributed by atoms with Crippen LogP contribution in [-0.4, -0.2) is 41.8 Å². The smallest absolute Gasteiger partial charge is 0.241 e. The van der Waals surface area contributed by atoms with Crippen molar-refractivity contribution < 1.29 is 9.53 Å². The maximum atomic E-state index is 12.6. The fourth-order valence-corrected chi connectivity index (χ4v) is 3.32. The Morgan fingerprint density at radius 1 is 1.47 bits per heavy atom. The van der Waals surface area contributed by atoms with Gasteiger partial charge in [-0.3, -0.25) is 10.1 Å². The summed E-state index contributed by atoms with van der Waals surface area (Å²) in [7, 11) is 0. The highest BCUT2D eigenvalue weighted by Gasteiger charge is 2.45. The molecule has 0 spiro atoms. The number of nitrogens with one attached hydrogen (secondary N) is 1. The minimum absolute atomic E-state index is 0.0153. The van der Waals surface area contributed by atoms with Gasteiger partial charge in [0, 0.05) is 6.61 Å². The molecule has 110 valence electrons. The van der Waals surface area contributed by atoms with E-state index in [9.17, 15) is 4.79 Å². The van der Waals surface area contributed by atoms with Crippen LogP contribution in [0.1, 0.15) is 53.4 Å². The van der Waals surface area contributed by atoms with Crippen LogP contribution in [0, 0.1) is 5.92 Å². The Labute approximate surface area is 116 Å². The molecule has 19 heavy (non-hydrogen) atoms. The normalized spacial score (nSPS) is 35.6. The topological polar surface area (TPSA) is 41.6 Å². The zero-order valence-electron chi connectivity index (χ0n) is 12.7. The predicted octanol–water partition coefficient (Wildman–Crippen LogP) is 2.14. The first-order valence-corrected chi connectivity index (χ1v) is 7.74. The Hall–Kier alpha value is -0.610. The van der Waals surface area contributed by atoms with Crippen LogP contribution in [0.4, 0.5) is 0 Å². The zero-order valence-corrected chi connectivity index (χ0v) is 12.7. The van der Waals surface area contributed by atoms with Crippen LogP contribution in [-0.2, 0) is 9.53 Å². The van der Waals surface area contributed by atoms with Crippen molar-refractivity contribution >= 4 is 5.91 Å². The van der Waals surface area contributed by atoms with Gasteiger partial charge in [0.25, 0.3) is 0 Å². The molecular weight excluding hydrogens is 240 g/mol. The van der Waals surface area contributed by atoms with Crippen molar-refractivity contribution in [3.8, 4) is 0 Å². The molecule has 4 heteroatoms. The van der Waals surface area contributed by atoms with Crippen LogP contribution >= 0.6 is 0 Å². The average Bonchev–Trinajstić information content (AvgIpc) is 2.85. The summed E-state index contributed by atoms with van der Waals surface area (Å²) in [5.74, 6) is 0.876. The third-order valence-corrected chi connectivity index (χ3v) is 4.25. The second-order valence-corrected chi connectivity index (χ2v) is 6.33. The molecule has 2 rings (SSSR count). The molecule has 2 heterocycles. The Morgan fingerprint density at radius 2 is 2.21 bits per heavy atom. The van der Waals surface area contributed by atoms with Crippen molar-refractivity contribution in [2.45, 2.75) is 77.7 Å². The highest BCUT2D eigenvalue weighted by atomic mass is 16.5. The molecule has 0 aromatic carbocycles. The van der Waals surface area contributed by atoms with Gasteiger partial charge in [-0.05, 0) is 32.1 Å². The maximum Gasteiger partial charge on any atom is 0.241 e. The zero-order chi connectivity index (χ0) is 14.0. The number of amides is 1. The molecule has 0 radical (unpaired) electrons. The minimum atomic E-state index is 0.0153. The van der Waals surface area contributed by atoms with Crippen molar-refractivity contribution in [2.24, 2.45) is 5.92 Å². The quantitative estimate of drug-likeness (QED) is 0.830. The Balaban J connectivity index is 2.12. The first-order valence-electron chi connectivity index (χ1n) is 7.74. The number of hydrogen-bond acceptors (Lipinski definition) is 3. The molecule has 0 aromatic heterocycles. The van der Waals surface area contributed by atoms with Gasteiger partial charge in [-0.2, -0.15) is 0 Å². The van der Waals surface area contributed by atoms with Gasteiger partial charge in [0.1, 0.15) is 0 Å². The maximum absolute atomic E-state index is 12.6. The number of carbonyl (C=O) groups is 1. The van der Waals surface area contributed by atoms with Crippen molar-refractivity contribution in [2.75, 3.05) is 6.61 Å². The molecule has 0 aromatic rings. The fraction of sp³-hybridized carbons (Fsp3) is 0.933. The molecule has 2 saturated heterocycles. The summed E-state index contributed by atoms with van der Waals surface area (Å²) in [5, 5.41) is 3.54. The molecule has 1 amide bonds. The molecule has 0 saturated carbocycles. The van der Waals surface area contributed by atoms with Crippen LogP contribution in [0.3, 0.4) is 0 Å². The number of nitrogens with zero attached hydrogens (tertiary/aromatic N) is 1. The van der Waals surface area contributed by atoms with E-state index in [4.69, 9.17) is 4.74 Å². The lowest BCUT2D eigenvalue weighted by atomic mass is 10.0. The molecule has 0 aliphatic carbocycles. The molecule has 1 N–H and O–H groups in total. The van der Waals surface area contributed by atoms with Crippen molar-refractivity contribution in [1.29, 1.82) is 0 Å². The van der Waals surface area contributed by atoms with E-state index in [0.717, 1.165) is 32.3 Å². The minimum Gasteiger partial charge on any atom is -0.376 e. The lowest BCUT2D eigenvalue weighted by Gasteiger charge is -2.32. The summed E-state index contributed by atoms with van der Waals surface area (Å²) in [6.45, 7) is 9.43. The van der Waals surface area contributed by atoms with E-state index in [2.05, 4.69) is 37.9 Å². The highest BCUT2D eigenvalue weighted by Crippen LogP contribution is 2.28. The van der Waals surface area contributed by atoms with Gasteiger partial charge in [0.2, 0.25) is 5.91 Å². The summed E-state index contributed by atoms with van der Waals surface area (Å²) in [6.07, 6.45) is 4.34. The van der Waals surface area contributed by atoms with Gasteiger partial charge in [0.05, 0.1) is 24.4 Å². The third-order valence-electron chi connectivity index (χ3n) is 4.25. The van der Waals surface area contributed by atoms with Crippen molar-refractivity contribution in [3.63, 3.8) is 0 Å². The monoisotopic (exact) mass is 268 g/mol. The summed E-state index contributed by atoms with van der Waals surface area (Å²) in [5.41, 5.74) is 0. The van der Waals surface area contributed by atoms with Crippen LogP contribution < -0.4 is 5.32 Å². The van der Waals surface area contributed by atoms with E-state index in [0.29, 0.717) is 5.92 Å². The summed E-state index contributed by atoms with van der Waals surface area (Å²) in [6, 6.07) is 0.271. The third kappa shape index (κ3) is 3.11. The molecule has 2 aliphatic heterocycles. The van der Waals surface area contributed by atoms with E-state index in [1.54, 1.807) is 0 Å². The number of hydrogen-bond donors (Lipinski definition) is 1. The summed E-state index contributed by atoms with van der Waals surface area (Å²) in [4.78, 5) is 14.7. The van der Waals surface area contributed by atoms with Crippen LogP contribution in [0.2, 0.25) is 0 Å². The lowest BCUT2D eigenvalue weighted by Crippen LogP contribution is -2.48. The molecular formula is C15H28N2O2. The molecule has 0 bridgehead atoms. The van der Waals surface area contributed by atoms with Crippen LogP contribution in [0.15, 0.2) is 0 Å². The van der Waals surface area contributed by atoms with Crippen LogP contribution in [0.25, 0.3) is 0 Å². The van der Waals surface area contributed by atoms with E-state index < -0.39 is 0 Å². The van der Waals surface area contributed by atoms with E-state index in [-0.39, 0.29) is 30.3 Å². The number of carbonyl (C=O) groups excluding carboxylic acids is 1. The number of rotatable bonds is 5. The lowest BCUT2D eigenvalue weighted by molar-refractivity contribution is -0.133. The Morgan fingerprint density at radius 3 is 2.74 bits per heavy atom. The van der Waals surface area contributed by atoms with Gasteiger partial charge >= 0.3 is 0 Å². The first-order chi connectivity index (χ1) is 9.04. The first kappa shape index (κ1) is 14.8. The van der Waals surface area contributed by atoms with E-state index >= 15 is 0 Å². The molecule has 2 aliphatic rings. The predicted molar refractivity (Wildman–Crippen MR) is 75.7 cm³/mol. The average molecular weight is 268 g/mol. The standard InChI is InChI=1S/C15H28N2O2/c1-5-6-12-15(18)17(13-7-8-19-11(13)4)14(16-12)9-10(2)3/h10-14,16H,5-9H2,1-4H3. The summed E-state index contributed by atoms with van der Waals surface area (Å²) >= 11 is 0. The van der Waals surface area contributed by atoms with Gasteiger partial charge in [-0.15, -0.1) is 0 Å². The second kappa shape index (κ2) is 6.23. The Bertz CT molecular complexity index is 319. The fourth-order valence-electron chi connectivity index (χ4n) is 3.32. The molecule has 4 nitrogen and oxygen atoms in total. The number of ether oxygens (including phenoxy) is 1. The van der Waals surface area contributed by atoms with Crippen LogP contribution in [0.5, 0.6) is 0 Å². The van der Waals surface area contributed by atoms with Gasteiger partial charge in [0.15, 0.2) is 0 Å². The second-order valence-electron chi connectivity index (χ2n) is 6.33. The Kier molecular flexibility index (Phi) is 4.85. The SMILES string of the molecule is CCCC1NC(CC(C)C)N(C2CCOC2C)C1=O. The van der Waals surface area contributed by atoms with E-state index in [1.165, 1.54) is 0 Å². The van der Waals surface area contributed by atoms with Gasteiger partial charge in [-0.1, -0.05) is 27.2 Å². The largest absolute Gasteiger partial charge is 0.376 e. The van der Waals surface area contributed by atoms with E-state index in [1.807, 2.05) is 0 Å². The molecule has 4 atom stereocenters. The summed E-state index contributed by atoms with van der Waals surface area (Å²) < 4.78 is 5.65. The molecule has 2 fully saturated rings. The highest BCUT2D eigenvalue weighted by molar-refractivity contribution is 5.84. The van der Waals surface area contributed by atoms with Gasteiger partial charge in [-0.25, -0.2) is 0 Å². The molecule has 4 unspecified atom stereocenters. The van der Waals surface area contributed by atoms with Crippen molar-refractivity contribution in [1.82, 2.24) is 10.2 Å². The van der Waals surface area contributed by atoms with Gasteiger partial charge < -0.3 is 9.64 Å².